The summed E-state index contributed by atoms with van der Waals surface area (Å²) < 4.78 is 11.1. The van der Waals surface area contributed by atoms with Crippen molar-refractivity contribution in [2.75, 3.05) is 39.3 Å². The summed E-state index contributed by atoms with van der Waals surface area (Å²) in [6.45, 7) is 8.15. The predicted octanol–water partition coefficient (Wildman–Crippen LogP) is 2.47. The van der Waals surface area contributed by atoms with E-state index in [1.165, 1.54) is 6.26 Å². The average Bonchev–Trinajstić information content (AvgIpc) is 3.26. The minimum Gasteiger partial charge on any atom is -0.489 e. The summed E-state index contributed by atoms with van der Waals surface area (Å²) in [5.74, 6) is 2.04. The standard InChI is InChI=1S/C21H28N4O3/c1-3-22-21(23-16-17(2)28-18-8-5-4-6-9-18)25-13-11-24(12-14-25)20(26)19-10-7-15-27-19/h4-10,15,17H,3,11-14,16H2,1-2H3,(H,22,23). The molecule has 2 heterocycles. The molecule has 0 aliphatic carbocycles. The number of nitrogens with zero attached hydrogens (tertiary/aromatic N) is 3. The molecule has 1 N–H and O–H groups in total. The molecule has 7 heteroatoms. The first kappa shape index (κ1) is 19.8. The number of benzene rings is 1. The van der Waals surface area contributed by atoms with Crippen molar-refractivity contribution in [3.05, 3.63) is 54.5 Å². The molecule has 1 atom stereocenters. The molecule has 1 aromatic heterocycles. The molecule has 1 aliphatic rings. The Bertz CT molecular complexity index is 753. The van der Waals surface area contributed by atoms with E-state index >= 15 is 0 Å². The SMILES string of the molecule is CCNC(=NCC(C)Oc1ccccc1)N1CCN(C(=O)c2ccco2)CC1. The fourth-order valence-electron chi connectivity index (χ4n) is 3.09. The first-order valence-corrected chi connectivity index (χ1v) is 9.75. The second kappa shape index (κ2) is 9.82. The molecule has 0 radical (unpaired) electrons. The second-order valence-corrected chi connectivity index (χ2v) is 6.69. The monoisotopic (exact) mass is 384 g/mol. The summed E-state index contributed by atoms with van der Waals surface area (Å²) in [5, 5.41) is 3.34. The van der Waals surface area contributed by atoms with Gasteiger partial charge in [0.2, 0.25) is 0 Å². The third-order valence-corrected chi connectivity index (χ3v) is 4.51. The number of carbonyl (C=O) groups is 1. The fraction of sp³-hybridized carbons (Fsp3) is 0.429. The topological polar surface area (TPSA) is 70.3 Å². The lowest BCUT2D eigenvalue weighted by atomic mass is 10.3. The number of hydrogen-bond donors (Lipinski definition) is 1. The van der Waals surface area contributed by atoms with Gasteiger partial charge in [-0.1, -0.05) is 18.2 Å². The van der Waals surface area contributed by atoms with Crippen LogP contribution in [0.5, 0.6) is 5.75 Å². The first-order chi connectivity index (χ1) is 13.7. The number of nitrogens with one attached hydrogen (secondary N) is 1. The van der Waals surface area contributed by atoms with Gasteiger partial charge in [-0.3, -0.25) is 4.79 Å². The molecule has 150 valence electrons. The van der Waals surface area contributed by atoms with Crippen LogP contribution in [0.15, 0.2) is 58.1 Å². The van der Waals surface area contributed by atoms with E-state index in [-0.39, 0.29) is 12.0 Å². The van der Waals surface area contributed by atoms with Gasteiger partial charge in [-0.15, -0.1) is 0 Å². The van der Waals surface area contributed by atoms with Gasteiger partial charge >= 0.3 is 0 Å². The molecule has 0 bridgehead atoms. The normalized spacial score (nSPS) is 16.0. The van der Waals surface area contributed by atoms with Crippen LogP contribution in [0.2, 0.25) is 0 Å². The molecule has 7 nitrogen and oxygen atoms in total. The number of rotatable bonds is 6. The van der Waals surface area contributed by atoms with E-state index in [2.05, 4.69) is 17.1 Å². The van der Waals surface area contributed by atoms with E-state index in [4.69, 9.17) is 14.1 Å². The number of hydrogen-bond acceptors (Lipinski definition) is 4. The van der Waals surface area contributed by atoms with Crippen molar-refractivity contribution in [1.29, 1.82) is 0 Å². The summed E-state index contributed by atoms with van der Waals surface area (Å²) >= 11 is 0. The number of carbonyl (C=O) groups excluding carboxylic acids is 1. The number of ether oxygens (including phenoxy) is 1. The van der Waals surface area contributed by atoms with Crippen LogP contribution in [0.3, 0.4) is 0 Å². The van der Waals surface area contributed by atoms with Gasteiger partial charge in [-0.2, -0.15) is 0 Å². The Kier molecular flexibility index (Phi) is 6.94. The first-order valence-electron chi connectivity index (χ1n) is 9.75. The highest BCUT2D eigenvalue weighted by atomic mass is 16.5. The van der Waals surface area contributed by atoms with Crippen molar-refractivity contribution < 1.29 is 13.9 Å². The van der Waals surface area contributed by atoms with E-state index in [1.54, 1.807) is 12.1 Å². The number of amides is 1. The maximum Gasteiger partial charge on any atom is 0.289 e. The molecule has 1 amide bonds. The van der Waals surface area contributed by atoms with Gasteiger partial charge in [-0.05, 0) is 38.1 Å². The van der Waals surface area contributed by atoms with Crippen LogP contribution < -0.4 is 10.1 Å². The van der Waals surface area contributed by atoms with Gasteiger partial charge in [0.05, 0.1) is 12.8 Å². The molecule has 3 rings (SSSR count). The molecule has 1 aliphatic heterocycles. The molecule has 1 fully saturated rings. The van der Waals surface area contributed by atoms with Gasteiger partial charge in [0.1, 0.15) is 11.9 Å². The van der Waals surface area contributed by atoms with Gasteiger partial charge in [0, 0.05) is 32.7 Å². The van der Waals surface area contributed by atoms with Crippen LogP contribution >= 0.6 is 0 Å². The summed E-state index contributed by atoms with van der Waals surface area (Å²) in [7, 11) is 0. The number of aliphatic imine (C=N–C) groups is 1. The Morgan fingerprint density at radius 3 is 2.50 bits per heavy atom. The highest BCUT2D eigenvalue weighted by Crippen LogP contribution is 2.12. The molecule has 0 spiro atoms. The van der Waals surface area contributed by atoms with E-state index in [0.29, 0.717) is 25.4 Å². The van der Waals surface area contributed by atoms with E-state index in [9.17, 15) is 4.79 Å². The van der Waals surface area contributed by atoms with E-state index in [0.717, 1.165) is 31.3 Å². The maximum absolute atomic E-state index is 12.4. The van der Waals surface area contributed by atoms with Crippen LogP contribution in [-0.2, 0) is 0 Å². The second-order valence-electron chi connectivity index (χ2n) is 6.69. The molecular weight excluding hydrogens is 356 g/mol. The zero-order valence-corrected chi connectivity index (χ0v) is 16.5. The number of guanidine groups is 1. The van der Waals surface area contributed by atoms with E-state index < -0.39 is 0 Å². The Morgan fingerprint density at radius 1 is 1.14 bits per heavy atom. The lowest BCUT2D eigenvalue weighted by molar-refractivity contribution is 0.0657. The molecule has 2 aromatic rings. The van der Waals surface area contributed by atoms with Gasteiger partial charge in [0.15, 0.2) is 11.7 Å². The van der Waals surface area contributed by atoms with Crippen LogP contribution in [0, 0.1) is 0 Å². The van der Waals surface area contributed by atoms with Crippen molar-refractivity contribution in [2.24, 2.45) is 4.99 Å². The molecular formula is C21H28N4O3. The van der Waals surface area contributed by atoms with Crippen molar-refractivity contribution in [3.63, 3.8) is 0 Å². The zero-order chi connectivity index (χ0) is 19.8. The summed E-state index contributed by atoms with van der Waals surface area (Å²) in [4.78, 5) is 21.1. The van der Waals surface area contributed by atoms with Crippen molar-refractivity contribution in [3.8, 4) is 5.75 Å². The summed E-state index contributed by atoms with van der Waals surface area (Å²) in [5.41, 5.74) is 0. The molecule has 1 unspecified atom stereocenters. The quantitative estimate of drug-likeness (QED) is 0.612. The third kappa shape index (κ3) is 5.28. The van der Waals surface area contributed by atoms with Crippen molar-refractivity contribution >= 4 is 11.9 Å². The Hall–Kier alpha value is -2.96. The van der Waals surface area contributed by atoms with Crippen LogP contribution in [0.1, 0.15) is 24.4 Å². The van der Waals surface area contributed by atoms with Gasteiger partial charge in [0.25, 0.3) is 5.91 Å². The Morgan fingerprint density at radius 2 is 1.86 bits per heavy atom. The van der Waals surface area contributed by atoms with Crippen LogP contribution in [0.4, 0.5) is 0 Å². The Labute approximate surface area is 166 Å². The van der Waals surface area contributed by atoms with Crippen molar-refractivity contribution in [2.45, 2.75) is 20.0 Å². The van der Waals surface area contributed by atoms with Gasteiger partial charge < -0.3 is 24.3 Å². The lowest BCUT2D eigenvalue weighted by Crippen LogP contribution is -2.53. The molecule has 28 heavy (non-hydrogen) atoms. The fourth-order valence-corrected chi connectivity index (χ4v) is 3.09. The highest BCUT2D eigenvalue weighted by Gasteiger charge is 2.25. The van der Waals surface area contributed by atoms with E-state index in [1.807, 2.05) is 42.2 Å². The summed E-state index contributed by atoms with van der Waals surface area (Å²) in [6.07, 6.45) is 1.50. The molecule has 0 saturated carbocycles. The average molecular weight is 384 g/mol. The largest absolute Gasteiger partial charge is 0.489 e. The van der Waals surface area contributed by atoms with Crippen LogP contribution in [-0.4, -0.2) is 67.0 Å². The number of piperazine rings is 1. The highest BCUT2D eigenvalue weighted by molar-refractivity contribution is 5.91. The smallest absolute Gasteiger partial charge is 0.289 e. The minimum absolute atomic E-state index is 0.0297. The van der Waals surface area contributed by atoms with Crippen LogP contribution in [0.25, 0.3) is 0 Å². The zero-order valence-electron chi connectivity index (χ0n) is 16.5. The van der Waals surface area contributed by atoms with Gasteiger partial charge in [-0.25, -0.2) is 4.99 Å². The van der Waals surface area contributed by atoms with Crippen molar-refractivity contribution in [1.82, 2.24) is 15.1 Å². The summed E-state index contributed by atoms with van der Waals surface area (Å²) in [6, 6.07) is 13.2. The number of furan rings is 1. The minimum atomic E-state index is -0.0588. The maximum atomic E-state index is 12.4. The number of para-hydroxylation sites is 1. The Balaban J connectivity index is 1.53. The lowest BCUT2D eigenvalue weighted by Gasteiger charge is -2.36. The predicted molar refractivity (Wildman–Crippen MR) is 109 cm³/mol. The molecule has 1 aromatic carbocycles. The molecule has 1 saturated heterocycles. The third-order valence-electron chi connectivity index (χ3n) is 4.51.